The number of benzene rings is 2. The van der Waals surface area contributed by atoms with Gasteiger partial charge in [-0.25, -0.2) is 0 Å². The van der Waals surface area contributed by atoms with E-state index in [1.807, 2.05) is 0 Å². The van der Waals surface area contributed by atoms with Crippen molar-refractivity contribution in [2.24, 2.45) is 0 Å². The maximum Gasteiger partial charge on any atom is 0.433 e. The van der Waals surface area contributed by atoms with Gasteiger partial charge >= 0.3 is 12.4 Å². The fraction of sp³-hybridized carbons (Fsp3) is 0.125. The smallest absolute Gasteiger partial charge is 0.339 e. The van der Waals surface area contributed by atoms with E-state index in [1.54, 1.807) is 19.1 Å². The first-order valence-electron chi connectivity index (χ1n) is 10.2. The van der Waals surface area contributed by atoms with Gasteiger partial charge in [-0.2, -0.15) is 36.0 Å². The van der Waals surface area contributed by atoms with E-state index in [9.17, 15) is 31.1 Å². The van der Waals surface area contributed by atoms with Crippen molar-refractivity contribution in [3.05, 3.63) is 88.1 Å². The van der Waals surface area contributed by atoms with E-state index in [-0.39, 0.29) is 11.0 Å². The normalized spacial score (nSPS) is 12.5. The molecule has 0 bridgehead atoms. The zero-order valence-electron chi connectivity index (χ0n) is 17.8. The van der Waals surface area contributed by atoms with E-state index in [4.69, 9.17) is 0 Å². The van der Waals surface area contributed by atoms with Gasteiger partial charge in [0.05, 0.1) is 22.2 Å². The van der Waals surface area contributed by atoms with Crippen LogP contribution in [0.3, 0.4) is 0 Å². The number of rotatable bonds is 2. The van der Waals surface area contributed by atoms with Crippen LogP contribution in [0.5, 0.6) is 0 Å². The number of nitrogens with zero attached hydrogens (tertiary/aromatic N) is 3. The van der Waals surface area contributed by atoms with Crippen molar-refractivity contribution < 1.29 is 26.3 Å². The van der Waals surface area contributed by atoms with Gasteiger partial charge in [0.1, 0.15) is 11.3 Å². The lowest BCUT2D eigenvalue weighted by Crippen LogP contribution is -2.15. The minimum absolute atomic E-state index is 0.280. The Labute approximate surface area is 192 Å². The molecule has 0 saturated heterocycles. The molecule has 0 radical (unpaired) electrons. The summed E-state index contributed by atoms with van der Waals surface area (Å²) in [5.41, 5.74) is 0.641. The Kier molecular flexibility index (Phi) is 4.97. The monoisotopic (exact) mass is 488 g/mol. The average Bonchev–Trinajstić information content (AvgIpc) is 3.14. The van der Waals surface area contributed by atoms with Crippen LogP contribution in [-0.2, 0) is 12.4 Å². The van der Waals surface area contributed by atoms with Crippen LogP contribution in [0.4, 0.5) is 26.3 Å². The third-order valence-electron chi connectivity index (χ3n) is 5.64. The number of fused-ring (bicyclic) bond motifs is 2. The topological polar surface area (TPSA) is 63.1 Å². The van der Waals surface area contributed by atoms with Crippen molar-refractivity contribution in [1.29, 1.82) is 0 Å². The minimum atomic E-state index is -4.56. The summed E-state index contributed by atoms with van der Waals surface area (Å²) >= 11 is 0. The fourth-order valence-corrected chi connectivity index (χ4v) is 3.95. The minimum Gasteiger partial charge on any atom is -0.339 e. The highest BCUT2D eigenvalue weighted by Gasteiger charge is 2.32. The molecule has 5 nitrogen and oxygen atoms in total. The second kappa shape index (κ2) is 7.69. The summed E-state index contributed by atoms with van der Waals surface area (Å²) in [6, 6.07) is 11.4. The second-order valence-electron chi connectivity index (χ2n) is 7.92. The number of hydrogen-bond donors (Lipinski definition) is 1. The molecule has 0 aliphatic carbocycles. The molecule has 0 aliphatic heterocycles. The number of H-pyrrole nitrogens is 1. The van der Waals surface area contributed by atoms with E-state index >= 15 is 0 Å². The number of aromatic amines is 1. The number of hydrogen-bond acceptors (Lipinski definition) is 3. The highest BCUT2D eigenvalue weighted by Crippen LogP contribution is 2.34. The molecule has 0 aliphatic rings. The van der Waals surface area contributed by atoms with Crippen LogP contribution < -0.4 is 5.56 Å². The Morgan fingerprint density at radius 1 is 0.829 bits per heavy atom. The Morgan fingerprint density at radius 3 is 2.09 bits per heavy atom. The molecule has 3 heterocycles. The van der Waals surface area contributed by atoms with Gasteiger partial charge < -0.3 is 4.98 Å². The van der Waals surface area contributed by atoms with Crippen LogP contribution in [0.15, 0.2) is 65.6 Å². The molecule has 0 saturated carbocycles. The SMILES string of the molecule is Cc1nn2c(=O)c3ccc(-c4ccc(C(F)(F)F)nc4)cc3[nH]c2c1-c1ccc(C(F)(F)F)cc1. The lowest BCUT2D eigenvalue weighted by atomic mass is 10.0. The molecule has 3 aromatic heterocycles. The first-order valence-corrected chi connectivity index (χ1v) is 10.2. The fourth-order valence-electron chi connectivity index (χ4n) is 3.95. The van der Waals surface area contributed by atoms with Gasteiger partial charge in [0.2, 0.25) is 0 Å². The van der Waals surface area contributed by atoms with Gasteiger partial charge in [0.25, 0.3) is 5.56 Å². The van der Waals surface area contributed by atoms with Crippen molar-refractivity contribution in [3.8, 4) is 22.3 Å². The quantitative estimate of drug-likeness (QED) is 0.299. The Balaban J connectivity index is 1.65. The van der Waals surface area contributed by atoms with Crippen molar-refractivity contribution >= 4 is 16.6 Å². The second-order valence-corrected chi connectivity index (χ2v) is 7.92. The van der Waals surface area contributed by atoms with E-state index in [0.29, 0.717) is 33.5 Å². The molecule has 11 heteroatoms. The number of nitrogens with one attached hydrogen (secondary N) is 1. The zero-order valence-corrected chi connectivity index (χ0v) is 17.8. The van der Waals surface area contributed by atoms with Crippen molar-refractivity contribution in [3.63, 3.8) is 0 Å². The van der Waals surface area contributed by atoms with E-state index < -0.39 is 29.2 Å². The number of halogens is 6. The third-order valence-corrected chi connectivity index (χ3v) is 5.64. The van der Waals surface area contributed by atoms with Crippen LogP contribution in [-0.4, -0.2) is 19.6 Å². The first kappa shape index (κ1) is 22.6. The zero-order chi connectivity index (χ0) is 25.1. The lowest BCUT2D eigenvalue weighted by Gasteiger charge is -2.09. The summed E-state index contributed by atoms with van der Waals surface area (Å²) in [5.74, 6) is 0. The maximum absolute atomic E-state index is 13.1. The Hall–Kier alpha value is -4.15. The van der Waals surface area contributed by atoms with Gasteiger partial charge in [-0.3, -0.25) is 9.78 Å². The van der Waals surface area contributed by atoms with Crippen LogP contribution >= 0.6 is 0 Å². The highest BCUT2D eigenvalue weighted by atomic mass is 19.4. The van der Waals surface area contributed by atoms with E-state index in [1.165, 1.54) is 24.3 Å². The number of aromatic nitrogens is 4. The van der Waals surface area contributed by atoms with Crippen LogP contribution in [0.25, 0.3) is 38.8 Å². The molecule has 0 spiro atoms. The molecule has 35 heavy (non-hydrogen) atoms. The molecule has 178 valence electrons. The molecular formula is C24H14F6N4O. The summed E-state index contributed by atoms with van der Waals surface area (Å²) in [6.07, 6.45) is -7.95. The molecule has 1 N–H and O–H groups in total. The molecule has 0 unspecified atom stereocenters. The van der Waals surface area contributed by atoms with E-state index in [0.717, 1.165) is 28.9 Å². The standard InChI is InChI=1S/C24H14F6N4O/c1-12-20(13-2-6-16(7-3-13)23(25,26)27)21-32-18-10-14(4-8-17(18)22(35)34(21)33-12)15-5-9-19(31-11-15)24(28,29)30/h2-11,32H,1H3. The van der Waals surface area contributed by atoms with Crippen molar-refractivity contribution in [1.82, 2.24) is 19.6 Å². The van der Waals surface area contributed by atoms with Gasteiger partial charge in [-0.1, -0.05) is 24.3 Å². The lowest BCUT2D eigenvalue weighted by molar-refractivity contribution is -0.141. The average molecular weight is 488 g/mol. The van der Waals surface area contributed by atoms with Gasteiger partial charge in [0, 0.05) is 17.3 Å². The number of pyridine rings is 1. The summed E-state index contributed by atoms with van der Waals surface area (Å²) in [5, 5.41) is 4.54. The Morgan fingerprint density at radius 2 is 1.49 bits per heavy atom. The first-order chi connectivity index (χ1) is 16.4. The maximum atomic E-state index is 13.1. The number of alkyl halides is 6. The predicted molar refractivity (Wildman–Crippen MR) is 117 cm³/mol. The molecule has 5 rings (SSSR count). The van der Waals surface area contributed by atoms with Crippen LogP contribution in [0, 0.1) is 6.92 Å². The summed E-state index contributed by atoms with van der Waals surface area (Å²) in [6.45, 7) is 1.64. The molecule has 0 atom stereocenters. The summed E-state index contributed by atoms with van der Waals surface area (Å²) in [4.78, 5) is 19.6. The largest absolute Gasteiger partial charge is 0.433 e. The predicted octanol–water partition coefficient (Wildman–Crippen LogP) is 6.25. The molecule has 2 aromatic carbocycles. The van der Waals surface area contributed by atoms with Crippen LogP contribution in [0.1, 0.15) is 17.0 Å². The van der Waals surface area contributed by atoms with Gasteiger partial charge in [-0.05, 0) is 48.4 Å². The van der Waals surface area contributed by atoms with E-state index in [2.05, 4.69) is 15.1 Å². The van der Waals surface area contributed by atoms with Crippen molar-refractivity contribution in [2.75, 3.05) is 0 Å². The van der Waals surface area contributed by atoms with Gasteiger partial charge in [-0.15, -0.1) is 0 Å². The van der Waals surface area contributed by atoms with Gasteiger partial charge in [0.15, 0.2) is 0 Å². The summed E-state index contributed by atoms with van der Waals surface area (Å²) < 4.78 is 78.5. The number of aryl methyl sites for hydroxylation is 1. The molecular weight excluding hydrogens is 474 g/mol. The molecule has 5 aromatic rings. The highest BCUT2D eigenvalue weighted by molar-refractivity contribution is 5.88. The molecule has 0 fully saturated rings. The Bertz CT molecular complexity index is 1630. The molecule has 0 amide bonds. The third kappa shape index (κ3) is 3.92. The summed E-state index contributed by atoms with van der Waals surface area (Å²) in [7, 11) is 0. The van der Waals surface area contributed by atoms with Crippen LogP contribution in [0.2, 0.25) is 0 Å². The van der Waals surface area contributed by atoms with Crippen molar-refractivity contribution in [2.45, 2.75) is 19.3 Å².